The van der Waals surface area contributed by atoms with Crippen LogP contribution in [0, 0.1) is 0 Å². The summed E-state index contributed by atoms with van der Waals surface area (Å²) < 4.78 is 32.2. The molecule has 0 aromatic rings. The van der Waals surface area contributed by atoms with Crippen LogP contribution in [0.3, 0.4) is 0 Å². The maximum absolute atomic E-state index is 11.7. The third kappa shape index (κ3) is 5.12. The van der Waals surface area contributed by atoms with Gasteiger partial charge in [0.1, 0.15) is 0 Å². The van der Waals surface area contributed by atoms with Crippen LogP contribution in [0.4, 0.5) is 0 Å². The van der Waals surface area contributed by atoms with E-state index < -0.39 is 10.2 Å². The van der Waals surface area contributed by atoms with Crippen LogP contribution in [0.25, 0.3) is 0 Å². The van der Waals surface area contributed by atoms with Crippen molar-refractivity contribution in [2.45, 2.75) is 19.9 Å². The molecule has 0 rings (SSSR count). The molecular formula is C8H19ClN2O3S. The number of hydrogen-bond donors (Lipinski definition) is 1. The molecule has 1 unspecified atom stereocenters. The van der Waals surface area contributed by atoms with Gasteiger partial charge in [0.15, 0.2) is 0 Å². The maximum Gasteiger partial charge on any atom is 0.279 e. The molecule has 15 heavy (non-hydrogen) atoms. The summed E-state index contributed by atoms with van der Waals surface area (Å²) >= 11 is 5.62. The smallest absolute Gasteiger partial charge is 0.279 e. The molecule has 5 nitrogen and oxygen atoms in total. The molecule has 1 N–H and O–H groups in total. The summed E-state index contributed by atoms with van der Waals surface area (Å²) in [5.41, 5.74) is 0. The Morgan fingerprint density at radius 1 is 1.40 bits per heavy atom. The van der Waals surface area contributed by atoms with Gasteiger partial charge in [-0.05, 0) is 0 Å². The molecule has 0 fully saturated rings. The first-order valence-corrected chi connectivity index (χ1v) is 6.81. The highest BCUT2D eigenvalue weighted by Gasteiger charge is 2.22. The summed E-state index contributed by atoms with van der Waals surface area (Å²) in [6.45, 7) is 4.72. The summed E-state index contributed by atoms with van der Waals surface area (Å²) in [7, 11) is -1.93. The fraction of sp³-hybridized carbons (Fsp3) is 1.00. The Kier molecular flexibility index (Phi) is 7.46. The van der Waals surface area contributed by atoms with Crippen LogP contribution in [0.5, 0.6) is 0 Å². The minimum Gasteiger partial charge on any atom is -0.383 e. The van der Waals surface area contributed by atoms with E-state index in [9.17, 15) is 8.42 Å². The van der Waals surface area contributed by atoms with Gasteiger partial charge in [-0.2, -0.15) is 17.4 Å². The van der Waals surface area contributed by atoms with Crippen molar-refractivity contribution in [3.63, 3.8) is 0 Å². The Labute approximate surface area is 96.9 Å². The third-order valence-electron chi connectivity index (χ3n) is 1.92. The molecule has 0 amide bonds. The molecule has 0 radical (unpaired) electrons. The molecule has 0 saturated carbocycles. The van der Waals surface area contributed by atoms with Gasteiger partial charge in [0.25, 0.3) is 10.2 Å². The molecule has 92 valence electrons. The van der Waals surface area contributed by atoms with E-state index in [4.69, 9.17) is 16.3 Å². The number of nitrogens with zero attached hydrogens (tertiary/aromatic N) is 1. The second-order valence-electron chi connectivity index (χ2n) is 3.01. The summed E-state index contributed by atoms with van der Waals surface area (Å²) in [5, 5.41) is 0. The van der Waals surface area contributed by atoms with Crippen molar-refractivity contribution in [1.29, 1.82) is 0 Å². The number of methoxy groups -OCH3 is 1. The molecule has 0 aromatic carbocycles. The molecule has 0 heterocycles. The highest BCUT2D eigenvalue weighted by molar-refractivity contribution is 7.87. The van der Waals surface area contributed by atoms with Crippen LogP contribution < -0.4 is 4.72 Å². The van der Waals surface area contributed by atoms with Gasteiger partial charge in [-0.3, -0.25) is 0 Å². The van der Waals surface area contributed by atoms with E-state index in [0.717, 1.165) is 0 Å². The third-order valence-corrected chi connectivity index (χ3v) is 4.11. The van der Waals surface area contributed by atoms with Crippen molar-refractivity contribution < 1.29 is 13.2 Å². The quantitative estimate of drug-likeness (QED) is 0.642. The summed E-state index contributed by atoms with van der Waals surface area (Å²) in [4.78, 5) is 0. The van der Waals surface area contributed by atoms with E-state index in [0.29, 0.717) is 13.1 Å². The minimum atomic E-state index is -3.44. The number of hydrogen-bond acceptors (Lipinski definition) is 3. The predicted molar refractivity (Wildman–Crippen MR) is 61.4 cm³/mol. The lowest BCUT2D eigenvalue weighted by atomic mass is 10.4. The Morgan fingerprint density at radius 3 is 2.27 bits per heavy atom. The monoisotopic (exact) mass is 258 g/mol. The van der Waals surface area contributed by atoms with E-state index in [1.54, 1.807) is 13.8 Å². The van der Waals surface area contributed by atoms with Gasteiger partial charge >= 0.3 is 0 Å². The Morgan fingerprint density at radius 2 is 1.93 bits per heavy atom. The van der Waals surface area contributed by atoms with Gasteiger partial charge in [-0.1, -0.05) is 13.8 Å². The zero-order valence-electron chi connectivity index (χ0n) is 9.36. The number of nitrogens with one attached hydrogen (secondary N) is 1. The van der Waals surface area contributed by atoms with E-state index in [-0.39, 0.29) is 18.5 Å². The fourth-order valence-corrected chi connectivity index (χ4v) is 2.82. The average molecular weight is 259 g/mol. The summed E-state index contributed by atoms with van der Waals surface area (Å²) in [6, 6.07) is -0.387. The Balaban J connectivity index is 4.46. The van der Waals surface area contributed by atoms with Gasteiger partial charge in [0.05, 0.1) is 12.6 Å². The molecule has 0 saturated heterocycles. The van der Waals surface area contributed by atoms with Crippen LogP contribution in [-0.4, -0.2) is 51.5 Å². The maximum atomic E-state index is 11.7. The second kappa shape index (κ2) is 7.40. The molecule has 0 aromatic heterocycles. The fourth-order valence-electron chi connectivity index (χ4n) is 1.16. The van der Waals surface area contributed by atoms with Crippen LogP contribution in [0.1, 0.15) is 13.8 Å². The van der Waals surface area contributed by atoms with Gasteiger partial charge in [-0.25, -0.2) is 0 Å². The minimum absolute atomic E-state index is 0.189. The van der Waals surface area contributed by atoms with Crippen molar-refractivity contribution in [2.75, 3.05) is 32.7 Å². The zero-order valence-corrected chi connectivity index (χ0v) is 10.9. The Bertz CT molecular complexity index is 255. The number of rotatable bonds is 8. The molecule has 1 atom stereocenters. The lowest BCUT2D eigenvalue weighted by Gasteiger charge is -2.22. The van der Waals surface area contributed by atoms with Crippen molar-refractivity contribution in [3.8, 4) is 0 Å². The second-order valence-corrected chi connectivity index (χ2v) is 5.02. The molecular weight excluding hydrogens is 240 g/mol. The normalized spacial score (nSPS) is 14.5. The van der Waals surface area contributed by atoms with Gasteiger partial charge in [-0.15, -0.1) is 11.6 Å². The Hall–Kier alpha value is 0.120. The molecule has 0 aliphatic rings. The molecule has 0 spiro atoms. The SMILES string of the molecule is CCN(CC)S(=O)(=O)NC(CCl)COC. The van der Waals surface area contributed by atoms with Gasteiger partial charge in [0, 0.05) is 26.1 Å². The average Bonchev–Trinajstić information content (AvgIpc) is 2.18. The number of alkyl halides is 1. The van der Waals surface area contributed by atoms with Crippen LogP contribution in [0.2, 0.25) is 0 Å². The number of halogens is 1. The van der Waals surface area contributed by atoms with Crippen LogP contribution in [0.15, 0.2) is 0 Å². The first-order valence-electron chi connectivity index (χ1n) is 4.84. The van der Waals surface area contributed by atoms with Crippen molar-refractivity contribution in [1.82, 2.24) is 9.03 Å². The highest BCUT2D eigenvalue weighted by Crippen LogP contribution is 2.00. The first kappa shape index (κ1) is 15.1. The lowest BCUT2D eigenvalue weighted by molar-refractivity contribution is 0.180. The largest absolute Gasteiger partial charge is 0.383 e. The number of ether oxygens (including phenoxy) is 1. The van der Waals surface area contributed by atoms with Gasteiger partial charge in [0.2, 0.25) is 0 Å². The highest BCUT2D eigenvalue weighted by atomic mass is 35.5. The predicted octanol–water partition coefficient (Wildman–Crippen LogP) is 0.416. The van der Waals surface area contributed by atoms with Crippen molar-refractivity contribution >= 4 is 21.8 Å². The zero-order chi connectivity index (χ0) is 11.9. The summed E-state index contributed by atoms with van der Waals surface area (Å²) in [6.07, 6.45) is 0. The molecule has 0 aliphatic heterocycles. The van der Waals surface area contributed by atoms with E-state index >= 15 is 0 Å². The topological polar surface area (TPSA) is 58.6 Å². The molecule has 0 aliphatic carbocycles. The molecule has 7 heteroatoms. The van der Waals surface area contributed by atoms with Gasteiger partial charge < -0.3 is 4.74 Å². The first-order chi connectivity index (χ1) is 7.01. The van der Waals surface area contributed by atoms with E-state index in [1.807, 2.05) is 0 Å². The summed E-state index contributed by atoms with van der Waals surface area (Å²) in [5.74, 6) is 0.189. The van der Waals surface area contributed by atoms with Crippen LogP contribution >= 0.6 is 11.6 Å². The van der Waals surface area contributed by atoms with Crippen LogP contribution in [-0.2, 0) is 14.9 Å². The van der Waals surface area contributed by atoms with E-state index in [2.05, 4.69) is 4.72 Å². The van der Waals surface area contributed by atoms with Crippen molar-refractivity contribution in [3.05, 3.63) is 0 Å². The van der Waals surface area contributed by atoms with E-state index in [1.165, 1.54) is 11.4 Å². The standard InChI is InChI=1S/C8H19ClN2O3S/c1-4-11(5-2)15(12,13)10-8(6-9)7-14-3/h8,10H,4-7H2,1-3H3. The lowest BCUT2D eigenvalue weighted by Crippen LogP contribution is -2.47. The van der Waals surface area contributed by atoms with Crippen molar-refractivity contribution in [2.24, 2.45) is 0 Å². The molecule has 0 bridgehead atoms.